The van der Waals surface area contributed by atoms with Crippen molar-refractivity contribution in [3.05, 3.63) is 90.0 Å². The zero-order chi connectivity index (χ0) is 31.3. The van der Waals surface area contributed by atoms with E-state index in [9.17, 15) is 14.4 Å². The van der Waals surface area contributed by atoms with Crippen molar-refractivity contribution in [2.75, 3.05) is 12.3 Å². The normalized spacial score (nSPS) is 12.5. The second kappa shape index (κ2) is 16.5. The minimum atomic E-state index is -0.776. The summed E-state index contributed by atoms with van der Waals surface area (Å²) in [5.41, 5.74) is 4.69. The molecule has 230 valence electrons. The lowest BCUT2D eigenvalue weighted by atomic mass is 9.98. The van der Waals surface area contributed by atoms with Crippen LogP contribution in [0.3, 0.4) is 0 Å². The predicted molar refractivity (Wildman–Crippen MR) is 171 cm³/mol. The van der Waals surface area contributed by atoms with Gasteiger partial charge in [-0.15, -0.1) is 5.10 Å². The molecule has 0 saturated heterocycles. The van der Waals surface area contributed by atoms with Crippen molar-refractivity contribution in [3.63, 3.8) is 0 Å². The summed E-state index contributed by atoms with van der Waals surface area (Å²) in [6.07, 6.45) is 0.644. The maximum Gasteiger partial charge on any atom is 0.325 e. The lowest BCUT2D eigenvalue weighted by Gasteiger charge is -2.22. The fourth-order valence-electron chi connectivity index (χ4n) is 4.71. The van der Waals surface area contributed by atoms with Crippen molar-refractivity contribution in [3.8, 4) is 22.5 Å². The molecule has 2 atom stereocenters. The van der Waals surface area contributed by atoms with Crippen molar-refractivity contribution in [1.29, 1.82) is 0 Å². The predicted octanol–water partition coefficient (Wildman–Crippen LogP) is 4.79. The molecule has 0 saturated carbocycles. The third-order valence-corrected chi connectivity index (χ3v) is 7.92. The quantitative estimate of drug-likeness (QED) is 0.161. The Morgan fingerprint density at radius 2 is 1.61 bits per heavy atom. The Morgan fingerprint density at radius 1 is 0.909 bits per heavy atom. The Bertz CT molecular complexity index is 1500. The van der Waals surface area contributed by atoms with Gasteiger partial charge < -0.3 is 10.1 Å². The van der Waals surface area contributed by atoms with Gasteiger partial charge in [0, 0.05) is 37.2 Å². The summed E-state index contributed by atoms with van der Waals surface area (Å²) in [5.74, 6) is 0.288. The summed E-state index contributed by atoms with van der Waals surface area (Å²) < 4.78 is 5.62. The van der Waals surface area contributed by atoms with Crippen LogP contribution < -0.4 is 10.6 Å². The molecule has 0 radical (unpaired) electrons. The topological polar surface area (TPSA) is 139 Å². The molecule has 1 amide bonds. The molecule has 0 spiro atoms. The molecule has 44 heavy (non-hydrogen) atoms. The number of hydrogen-bond acceptors (Lipinski definition) is 9. The van der Waals surface area contributed by atoms with Crippen molar-refractivity contribution >= 4 is 28.8 Å². The van der Waals surface area contributed by atoms with Crippen LogP contribution in [0.2, 0.25) is 0 Å². The summed E-state index contributed by atoms with van der Waals surface area (Å²) in [5, 5.41) is 20.4. The Balaban J connectivity index is 1.43. The summed E-state index contributed by atoms with van der Waals surface area (Å²) in [4.78, 5) is 37.9. The average Bonchev–Trinajstić information content (AvgIpc) is 3.57. The van der Waals surface area contributed by atoms with Gasteiger partial charge in [-0.3, -0.25) is 19.7 Å². The molecule has 10 nitrogen and oxygen atoms in total. The Hall–Kier alpha value is -4.35. The highest BCUT2D eigenvalue weighted by atomic mass is 32.2. The lowest BCUT2D eigenvalue weighted by Crippen LogP contribution is -2.48. The van der Waals surface area contributed by atoms with Crippen LogP contribution >= 0.6 is 11.8 Å². The number of rotatable bonds is 15. The number of carbonyl (C=O) groups is 3. The number of esters is 1. The van der Waals surface area contributed by atoms with Crippen LogP contribution in [0.5, 0.6) is 0 Å². The summed E-state index contributed by atoms with van der Waals surface area (Å²) in [6.45, 7) is 6.15. The molecule has 3 aromatic carbocycles. The first-order valence-electron chi connectivity index (χ1n) is 14.6. The SMILES string of the molecule is CC(=O)SCC(CC(C)C)C(=O)NCC(NCc1ccc(-c2ccccc2-c2nnn[nH]2)cc1)C(=O)OCc1ccccc1. The van der Waals surface area contributed by atoms with Gasteiger partial charge in [0.25, 0.3) is 0 Å². The van der Waals surface area contributed by atoms with E-state index in [0.717, 1.165) is 39.6 Å². The van der Waals surface area contributed by atoms with Crippen molar-refractivity contribution in [1.82, 2.24) is 31.3 Å². The van der Waals surface area contributed by atoms with Gasteiger partial charge in [0.2, 0.25) is 5.91 Å². The van der Waals surface area contributed by atoms with Gasteiger partial charge in [0.05, 0.1) is 0 Å². The number of hydrogen-bond donors (Lipinski definition) is 3. The molecule has 0 bridgehead atoms. The van der Waals surface area contributed by atoms with Gasteiger partial charge in [-0.05, 0) is 45.0 Å². The molecule has 2 unspecified atom stereocenters. The van der Waals surface area contributed by atoms with E-state index in [-0.39, 0.29) is 36.0 Å². The van der Waals surface area contributed by atoms with E-state index in [1.54, 1.807) is 0 Å². The monoisotopic (exact) mass is 614 g/mol. The second-order valence-corrected chi connectivity index (χ2v) is 12.1. The van der Waals surface area contributed by atoms with Crippen LogP contribution in [-0.2, 0) is 32.3 Å². The minimum absolute atomic E-state index is 0.0277. The minimum Gasteiger partial charge on any atom is -0.460 e. The van der Waals surface area contributed by atoms with Crippen LogP contribution in [-0.4, -0.2) is 56.0 Å². The summed E-state index contributed by atoms with van der Waals surface area (Å²) in [6, 6.07) is 24.5. The summed E-state index contributed by atoms with van der Waals surface area (Å²) in [7, 11) is 0. The largest absolute Gasteiger partial charge is 0.460 e. The van der Waals surface area contributed by atoms with E-state index in [1.165, 1.54) is 6.92 Å². The van der Waals surface area contributed by atoms with Crippen LogP contribution in [0.1, 0.15) is 38.3 Å². The highest BCUT2D eigenvalue weighted by molar-refractivity contribution is 8.13. The van der Waals surface area contributed by atoms with Crippen LogP contribution in [0.4, 0.5) is 0 Å². The second-order valence-electron chi connectivity index (χ2n) is 10.9. The number of nitrogens with zero attached hydrogens (tertiary/aromatic N) is 3. The van der Waals surface area contributed by atoms with Gasteiger partial charge in [-0.2, -0.15) is 0 Å². The first-order valence-corrected chi connectivity index (χ1v) is 15.6. The van der Waals surface area contributed by atoms with Crippen LogP contribution in [0.25, 0.3) is 22.5 Å². The molecular formula is C33H38N6O4S. The molecule has 3 N–H and O–H groups in total. The van der Waals surface area contributed by atoms with E-state index in [2.05, 4.69) is 31.3 Å². The Labute approximate surface area is 261 Å². The molecule has 0 aliphatic heterocycles. The van der Waals surface area contributed by atoms with E-state index >= 15 is 0 Å². The zero-order valence-corrected chi connectivity index (χ0v) is 26.0. The van der Waals surface area contributed by atoms with Gasteiger partial charge in [0.15, 0.2) is 10.9 Å². The molecule has 11 heteroatoms. The van der Waals surface area contributed by atoms with Crippen LogP contribution in [0.15, 0.2) is 78.9 Å². The van der Waals surface area contributed by atoms with Gasteiger partial charge in [-0.1, -0.05) is 104 Å². The van der Waals surface area contributed by atoms with E-state index in [1.807, 2.05) is 92.7 Å². The highest BCUT2D eigenvalue weighted by Gasteiger charge is 2.25. The molecular weight excluding hydrogens is 576 g/mol. The number of carbonyl (C=O) groups excluding carboxylic acids is 3. The van der Waals surface area contributed by atoms with Gasteiger partial charge in [-0.25, -0.2) is 5.10 Å². The average molecular weight is 615 g/mol. The third kappa shape index (κ3) is 9.85. The molecule has 1 heterocycles. The van der Waals surface area contributed by atoms with E-state index < -0.39 is 12.0 Å². The molecule has 0 aliphatic carbocycles. The summed E-state index contributed by atoms with van der Waals surface area (Å²) >= 11 is 1.14. The fraction of sp³-hybridized carbons (Fsp3) is 0.333. The van der Waals surface area contributed by atoms with E-state index in [0.29, 0.717) is 24.5 Å². The molecule has 1 aromatic heterocycles. The number of amides is 1. The number of aromatic amines is 1. The molecule has 4 rings (SSSR count). The number of aromatic nitrogens is 4. The number of H-pyrrole nitrogens is 1. The number of thioether (sulfide) groups is 1. The number of nitrogens with one attached hydrogen (secondary N) is 3. The number of ether oxygens (including phenoxy) is 1. The van der Waals surface area contributed by atoms with Gasteiger partial charge in [0.1, 0.15) is 12.6 Å². The Morgan fingerprint density at radius 3 is 2.27 bits per heavy atom. The van der Waals surface area contributed by atoms with Crippen molar-refractivity contribution in [2.45, 2.75) is 46.4 Å². The maximum atomic E-state index is 13.2. The maximum absolute atomic E-state index is 13.2. The molecule has 4 aromatic rings. The van der Waals surface area contributed by atoms with Crippen molar-refractivity contribution in [2.24, 2.45) is 11.8 Å². The van der Waals surface area contributed by atoms with Crippen LogP contribution in [0, 0.1) is 11.8 Å². The lowest BCUT2D eigenvalue weighted by molar-refractivity contribution is -0.147. The highest BCUT2D eigenvalue weighted by Crippen LogP contribution is 2.29. The van der Waals surface area contributed by atoms with Gasteiger partial charge >= 0.3 is 5.97 Å². The first-order chi connectivity index (χ1) is 21.3. The Kier molecular flexibility index (Phi) is 12.2. The standard InChI is InChI=1S/C33H38N6O4S/c1-22(2)17-27(21-44-23(3)40)32(41)35-19-30(33(42)43-20-25-9-5-4-6-10-25)34-18-24-13-15-26(16-14-24)28-11-7-8-12-29(28)31-36-38-39-37-31/h4-16,22,27,30,34H,17-21H2,1-3H3,(H,35,41)(H,36,37,38,39). The smallest absolute Gasteiger partial charge is 0.325 e. The molecule has 0 fully saturated rings. The van der Waals surface area contributed by atoms with E-state index in [4.69, 9.17) is 4.74 Å². The molecule has 0 aliphatic rings. The third-order valence-electron chi connectivity index (χ3n) is 6.95. The van der Waals surface area contributed by atoms with Crippen molar-refractivity contribution < 1.29 is 19.1 Å². The number of benzene rings is 3. The number of tetrazole rings is 1. The zero-order valence-electron chi connectivity index (χ0n) is 25.2. The fourth-order valence-corrected chi connectivity index (χ4v) is 5.43. The first kappa shape index (κ1) is 32.6.